The number of benzene rings is 2. The number of halogens is 2. The van der Waals surface area contributed by atoms with Crippen molar-refractivity contribution in [2.24, 2.45) is 0 Å². The number of amides is 1. The van der Waals surface area contributed by atoms with Crippen LogP contribution in [0.1, 0.15) is 5.56 Å². The Balaban J connectivity index is 1.94. The molecule has 0 atom stereocenters. The summed E-state index contributed by atoms with van der Waals surface area (Å²) < 4.78 is 26.7. The lowest BCUT2D eigenvalue weighted by molar-refractivity contribution is -0.113. The van der Waals surface area contributed by atoms with Crippen LogP contribution >= 0.6 is 11.8 Å². The third kappa shape index (κ3) is 3.81. The van der Waals surface area contributed by atoms with Crippen LogP contribution in [0.5, 0.6) is 0 Å². The van der Waals surface area contributed by atoms with Crippen LogP contribution in [0.15, 0.2) is 47.4 Å². The number of rotatable bonds is 4. The molecule has 0 fully saturated rings. The minimum absolute atomic E-state index is 0.0941. The number of para-hydroxylation sites is 1. The Morgan fingerprint density at radius 1 is 1.10 bits per heavy atom. The lowest BCUT2D eigenvalue weighted by Gasteiger charge is -2.07. The van der Waals surface area contributed by atoms with Crippen molar-refractivity contribution >= 4 is 23.4 Å². The average molecular weight is 293 g/mol. The van der Waals surface area contributed by atoms with Gasteiger partial charge in [0.15, 0.2) is 0 Å². The molecule has 0 radical (unpaired) electrons. The fourth-order valence-electron chi connectivity index (χ4n) is 1.58. The van der Waals surface area contributed by atoms with Crippen molar-refractivity contribution in [1.29, 1.82) is 0 Å². The Morgan fingerprint density at radius 2 is 1.70 bits per heavy atom. The predicted molar refractivity (Wildman–Crippen MR) is 76.9 cm³/mol. The largest absolute Gasteiger partial charge is 0.320 e. The molecule has 0 unspecified atom stereocenters. The number of hydrogen-bond donors (Lipinski definition) is 1. The Bertz CT molecular complexity index is 594. The van der Waals surface area contributed by atoms with Gasteiger partial charge in [-0.2, -0.15) is 0 Å². The van der Waals surface area contributed by atoms with E-state index in [-0.39, 0.29) is 5.75 Å². The van der Waals surface area contributed by atoms with Crippen LogP contribution in [0.4, 0.5) is 14.5 Å². The molecule has 0 aliphatic carbocycles. The van der Waals surface area contributed by atoms with Gasteiger partial charge in [0.1, 0.15) is 17.3 Å². The maximum Gasteiger partial charge on any atom is 0.234 e. The number of nitrogens with one attached hydrogen (secondary N) is 1. The van der Waals surface area contributed by atoms with Crippen molar-refractivity contribution in [1.82, 2.24) is 0 Å². The first-order valence-electron chi connectivity index (χ1n) is 5.99. The molecule has 2 aromatic carbocycles. The summed E-state index contributed by atoms with van der Waals surface area (Å²) in [5.41, 5.74) is 0.731. The van der Waals surface area contributed by atoms with Crippen LogP contribution in [0.25, 0.3) is 0 Å². The molecule has 0 heterocycles. The van der Waals surface area contributed by atoms with Gasteiger partial charge in [0.05, 0.1) is 5.75 Å². The van der Waals surface area contributed by atoms with Crippen LogP contribution in [0.3, 0.4) is 0 Å². The zero-order valence-electron chi connectivity index (χ0n) is 10.8. The summed E-state index contributed by atoms with van der Waals surface area (Å²) in [6, 6.07) is 11.1. The van der Waals surface area contributed by atoms with E-state index in [1.807, 2.05) is 31.2 Å². The van der Waals surface area contributed by atoms with Gasteiger partial charge in [-0.1, -0.05) is 23.8 Å². The molecular formula is C15H13F2NOS. The molecule has 0 aliphatic heterocycles. The molecular weight excluding hydrogens is 280 g/mol. The molecule has 20 heavy (non-hydrogen) atoms. The quantitative estimate of drug-likeness (QED) is 0.863. The highest BCUT2D eigenvalue weighted by molar-refractivity contribution is 8.00. The molecule has 2 nitrogen and oxygen atoms in total. The van der Waals surface area contributed by atoms with Gasteiger partial charge in [-0.3, -0.25) is 4.79 Å². The van der Waals surface area contributed by atoms with E-state index < -0.39 is 23.2 Å². The number of carbonyl (C=O) groups is 1. The number of aryl methyl sites for hydroxylation is 1. The second-order valence-electron chi connectivity index (χ2n) is 4.25. The van der Waals surface area contributed by atoms with E-state index in [1.165, 1.54) is 17.8 Å². The molecule has 2 aromatic rings. The first-order chi connectivity index (χ1) is 9.56. The molecule has 0 aliphatic rings. The number of hydrogen-bond acceptors (Lipinski definition) is 2. The fraction of sp³-hybridized carbons (Fsp3) is 0.133. The van der Waals surface area contributed by atoms with Crippen LogP contribution in [0.2, 0.25) is 0 Å². The van der Waals surface area contributed by atoms with E-state index in [4.69, 9.17) is 0 Å². The van der Waals surface area contributed by atoms with Crippen molar-refractivity contribution in [3.8, 4) is 0 Å². The smallest absolute Gasteiger partial charge is 0.234 e. The standard InChI is InChI=1S/C15H13F2NOS/c1-10-5-7-11(8-6-10)20-9-14(19)18-15-12(16)3-2-4-13(15)17/h2-8H,9H2,1H3,(H,18,19). The minimum Gasteiger partial charge on any atom is -0.320 e. The SMILES string of the molecule is Cc1ccc(SCC(=O)Nc2c(F)cccc2F)cc1. The number of carbonyl (C=O) groups excluding carboxylic acids is 1. The van der Waals surface area contributed by atoms with Gasteiger partial charge in [0, 0.05) is 4.90 Å². The van der Waals surface area contributed by atoms with E-state index >= 15 is 0 Å². The Labute approximate surface area is 120 Å². The number of anilines is 1. The maximum atomic E-state index is 13.4. The Kier molecular flexibility index (Phi) is 4.74. The van der Waals surface area contributed by atoms with Crippen LogP contribution in [-0.2, 0) is 4.79 Å². The molecule has 2 rings (SSSR count). The highest BCUT2D eigenvalue weighted by Gasteiger charge is 2.11. The van der Waals surface area contributed by atoms with Gasteiger partial charge in [-0.15, -0.1) is 11.8 Å². The molecule has 1 amide bonds. The monoisotopic (exact) mass is 293 g/mol. The molecule has 0 saturated heterocycles. The lowest BCUT2D eigenvalue weighted by atomic mass is 10.2. The highest BCUT2D eigenvalue weighted by atomic mass is 32.2. The summed E-state index contributed by atoms with van der Waals surface area (Å²) in [5.74, 6) is -1.91. The molecule has 0 bridgehead atoms. The van der Waals surface area contributed by atoms with Crippen molar-refractivity contribution in [2.45, 2.75) is 11.8 Å². The van der Waals surface area contributed by atoms with Gasteiger partial charge in [-0.05, 0) is 31.2 Å². The second kappa shape index (κ2) is 6.52. The van der Waals surface area contributed by atoms with E-state index in [1.54, 1.807) is 0 Å². The highest BCUT2D eigenvalue weighted by Crippen LogP contribution is 2.21. The van der Waals surface area contributed by atoms with Crippen molar-refractivity contribution in [3.05, 3.63) is 59.7 Å². The van der Waals surface area contributed by atoms with E-state index in [0.29, 0.717) is 0 Å². The molecule has 0 aromatic heterocycles. The summed E-state index contributed by atoms with van der Waals surface area (Å²) >= 11 is 1.31. The summed E-state index contributed by atoms with van der Waals surface area (Å²) in [6.45, 7) is 1.97. The Morgan fingerprint density at radius 3 is 2.30 bits per heavy atom. The predicted octanol–water partition coefficient (Wildman–Crippen LogP) is 4.00. The second-order valence-corrected chi connectivity index (χ2v) is 5.30. The van der Waals surface area contributed by atoms with Crippen LogP contribution in [0, 0.1) is 18.6 Å². The van der Waals surface area contributed by atoms with Gasteiger partial charge in [0.2, 0.25) is 5.91 Å². The van der Waals surface area contributed by atoms with Gasteiger partial charge < -0.3 is 5.32 Å². The molecule has 104 valence electrons. The van der Waals surface area contributed by atoms with E-state index in [2.05, 4.69) is 5.32 Å². The fourth-order valence-corrected chi connectivity index (χ4v) is 2.27. The molecule has 0 spiro atoms. The van der Waals surface area contributed by atoms with Crippen molar-refractivity contribution < 1.29 is 13.6 Å². The topological polar surface area (TPSA) is 29.1 Å². The molecule has 0 saturated carbocycles. The summed E-state index contributed by atoms with van der Waals surface area (Å²) in [5, 5.41) is 2.25. The molecule has 5 heteroatoms. The van der Waals surface area contributed by atoms with Gasteiger partial charge >= 0.3 is 0 Å². The third-order valence-corrected chi connectivity index (χ3v) is 3.63. The Hall–Kier alpha value is -1.88. The average Bonchev–Trinajstić information content (AvgIpc) is 2.42. The van der Waals surface area contributed by atoms with E-state index in [0.717, 1.165) is 22.6 Å². The van der Waals surface area contributed by atoms with Gasteiger partial charge in [-0.25, -0.2) is 8.78 Å². The van der Waals surface area contributed by atoms with Crippen molar-refractivity contribution in [3.63, 3.8) is 0 Å². The van der Waals surface area contributed by atoms with Crippen LogP contribution < -0.4 is 5.32 Å². The molecule has 1 N–H and O–H groups in total. The summed E-state index contributed by atoms with van der Waals surface area (Å²) in [7, 11) is 0. The number of thioether (sulfide) groups is 1. The summed E-state index contributed by atoms with van der Waals surface area (Å²) in [4.78, 5) is 12.6. The first kappa shape index (κ1) is 14.5. The third-order valence-electron chi connectivity index (χ3n) is 2.62. The zero-order chi connectivity index (χ0) is 14.5. The van der Waals surface area contributed by atoms with Crippen molar-refractivity contribution in [2.75, 3.05) is 11.1 Å². The normalized spacial score (nSPS) is 10.3. The lowest BCUT2D eigenvalue weighted by Crippen LogP contribution is -2.16. The zero-order valence-corrected chi connectivity index (χ0v) is 11.6. The minimum atomic E-state index is -0.779. The van der Waals surface area contributed by atoms with E-state index in [9.17, 15) is 13.6 Å². The van der Waals surface area contributed by atoms with Crippen LogP contribution in [-0.4, -0.2) is 11.7 Å². The first-order valence-corrected chi connectivity index (χ1v) is 6.98. The summed E-state index contributed by atoms with van der Waals surface area (Å²) in [6.07, 6.45) is 0. The van der Waals surface area contributed by atoms with Gasteiger partial charge in [0.25, 0.3) is 0 Å². The maximum absolute atomic E-state index is 13.4.